The van der Waals surface area contributed by atoms with Gasteiger partial charge in [-0.1, -0.05) is 12.1 Å². The van der Waals surface area contributed by atoms with Crippen LogP contribution < -0.4 is 5.73 Å². The largest absolute Gasteiger partial charge is 0.324 e. The summed E-state index contributed by atoms with van der Waals surface area (Å²) >= 11 is 0. The molecule has 0 aliphatic carbocycles. The van der Waals surface area contributed by atoms with Gasteiger partial charge in [-0.25, -0.2) is 13.2 Å². The fourth-order valence-electron chi connectivity index (χ4n) is 1.81. The zero-order valence-corrected chi connectivity index (χ0v) is 9.54. The van der Waals surface area contributed by atoms with Crippen LogP contribution in [0.4, 0.5) is 13.2 Å². The summed E-state index contributed by atoms with van der Waals surface area (Å²) in [4.78, 5) is 0. The average Bonchev–Trinajstić information content (AvgIpc) is 2.28. The molecule has 18 heavy (non-hydrogen) atoms. The van der Waals surface area contributed by atoms with Crippen molar-refractivity contribution in [3.05, 3.63) is 71.0 Å². The Bertz CT molecular complexity index is 517. The zero-order valence-electron chi connectivity index (χ0n) is 9.54. The van der Waals surface area contributed by atoms with Gasteiger partial charge in [0, 0.05) is 12.1 Å². The van der Waals surface area contributed by atoms with Crippen LogP contribution in [0.15, 0.2) is 42.5 Å². The summed E-state index contributed by atoms with van der Waals surface area (Å²) in [6.45, 7) is 0. The average molecular weight is 251 g/mol. The Hall–Kier alpha value is -1.81. The summed E-state index contributed by atoms with van der Waals surface area (Å²) in [7, 11) is 0. The van der Waals surface area contributed by atoms with Crippen molar-refractivity contribution in [3.8, 4) is 0 Å². The van der Waals surface area contributed by atoms with Crippen LogP contribution in [0.25, 0.3) is 0 Å². The molecule has 4 heteroatoms. The quantitative estimate of drug-likeness (QED) is 0.889. The lowest BCUT2D eigenvalue weighted by Gasteiger charge is -2.12. The van der Waals surface area contributed by atoms with E-state index in [4.69, 9.17) is 5.73 Å². The third kappa shape index (κ3) is 3.11. The van der Waals surface area contributed by atoms with Gasteiger partial charge in [0.25, 0.3) is 0 Å². The SMILES string of the molecule is NC(Cc1cc(F)cc(F)c1)c1ccc(F)cc1. The Kier molecular flexibility index (Phi) is 3.67. The van der Waals surface area contributed by atoms with Gasteiger partial charge in [-0.3, -0.25) is 0 Å². The van der Waals surface area contributed by atoms with Crippen molar-refractivity contribution in [1.82, 2.24) is 0 Å². The second-order valence-electron chi connectivity index (χ2n) is 4.14. The van der Waals surface area contributed by atoms with Crippen molar-refractivity contribution >= 4 is 0 Å². The lowest BCUT2D eigenvalue weighted by Crippen LogP contribution is -2.13. The van der Waals surface area contributed by atoms with Crippen molar-refractivity contribution in [1.29, 1.82) is 0 Å². The number of nitrogens with two attached hydrogens (primary N) is 1. The molecule has 0 heterocycles. The molecule has 0 aliphatic heterocycles. The maximum Gasteiger partial charge on any atom is 0.126 e. The number of hydrogen-bond donors (Lipinski definition) is 1. The Labute approximate surface area is 103 Å². The summed E-state index contributed by atoms with van der Waals surface area (Å²) in [6.07, 6.45) is 0.292. The molecular weight excluding hydrogens is 239 g/mol. The number of rotatable bonds is 3. The molecule has 0 amide bonds. The zero-order chi connectivity index (χ0) is 13.1. The van der Waals surface area contributed by atoms with Gasteiger partial charge in [0.1, 0.15) is 17.5 Å². The van der Waals surface area contributed by atoms with Gasteiger partial charge in [0.05, 0.1) is 0 Å². The van der Waals surface area contributed by atoms with Crippen molar-refractivity contribution in [2.75, 3.05) is 0 Å². The lowest BCUT2D eigenvalue weighted by molar-refractivity contribution is 0.576. The van der Waals surface area contributed by atoms with Gasteiger partial charge in [0.2, 0.25) is 0 Å². The summed E-state index contributed by atoms with van der Waals surface area (Å²) in [5.41, 5.74) is 7.11. The second-order valence-corrected chi connectivity index (χ2v) is 4.14. The fourth-order valence-corrected chi connectivity index (χ4v) is 1.81. The van der Waals surface area contributed by atoms with E-state index in [1.165, 1.54) is 24.3 Å². The highest BCUT2D eigenvalue weighted by atomic mass is 19.1. The molecule has 2 aromatic carbocycles. The molecule has 0 bridgehead atoms. The summed E-state index contributed by atoms with van der Waals surface area (Å²) in [5, 5.41) is 0. The molecule has 1 nitrogen and oxygen atoms in total. The number of benzene rings is 2. The minimum atomic E-state index is -0.628. The third-order valence-electron chi connectivity index (χ3n) is 2.68. The van der Waals surface area contributed by atoms with Gasteiger partial charge >= 0.3 is 0 Å². The van der Waals surface area contributed by atoms with E-state index in [9.17, 15) is 13.2 Å². The molecule has 0 saturated heterocycles. The normalized spacial score (nSPS) is 12.4. The molecule has 0 saturated carbocycles. The molecule has 2 N–H and O–H groups in total. The van der Waals surface area contributed by atoms with Crippen LogP contribution in [0.5, 0.6) is 0 Å². The molecular formula is C14H12F3N. The highest BCUT2D eigenvalue weighted by Gasteiger charge is 2.09. The molecule has 2 rings (SSSR count). The summed E-state index contributed by atoms with van der Waals surface area (Å²) < 4.78 is 38.7. The van der Waals surface area contributed by atoms with Crippen LogP contribution in [0.2, 0.25) is 0 Å². The molecule has 0 fully saturated rings. The topological polar surface area (TPSA) is 26.0 Å². The van der Waals surface area contributed by atoms with E-state index in [-0.39, 0.29) is 5.82 Å². The van der Waals surface area contributed by atoms with Crippen LogP contribution in [0, 0.1) is 17.5 Å². The summed E-state index contributed by atoms with van der Waals surface area (Å²) in [5.74, 6) is -1.60. The standard InChI is InChI=1S/C14H12F3N/c15-11-3-1-10(2-4-11)14(18)7-9-5-12(16)8-13(17)6-9/h1-6,8,14H,7,18H2. The first-order valence-electron chi connectivity index (χ1n) is 5.50. The van der Waals surface area contributed by atoms with Gasteiger partial charge in [0.15, 0.2) is 0 Å². The molecule has 0 aliphatic rings. The second kappa shape index (κ2) is 5.23. The van der Waals surface area contributed by atoms with Gasteiger partial charge in [-0.2, -0.15) is 0 Å². The van der Waals surface area contributed by atoms with Crippen LogP contribution in [0.1, 0.15) is 17.2 Å². The first kappa shape index (κ1) is 12.6. The molecule has 0 radical (unpaired) electrons. The van der Waals surface area contributed by atoms with E-state index in [2.05, 4.69) is 0 Å². The highest BCUT2D eigenvalue weighted by Crippen LogP contribution is 2.18. The highest BCUT2D eigenvalue weighted by molar-refractivity contribution is 5.24. The lowest BCUT2D eigenvalue weighted by atomic mass is 9.99. The Balaban J connectivity index is 2.15. The molecule has 0 aromatic heterocycles. The maximum atomic E-state index is 13.0. The predicted octanol–water partition coefficient (Wildman–Crippen LogP) is 3.35. The fraction of sp³-hybridized carbons (Fsp3) is 0.143. The minimum Gasteiger partial charge on any atom is -0.324 e. The molecule has 1 atom stereocenters. The van der Waals surface area contributed by atoms with E-state index in [1.807, 2.05) is 0 Å². The minimum absolute atomic E-state index is 0.292. The Morgan fingerprint density at radius 1 is 0.833 bits per heavy atom. The van der Waals surface area contributed by atoms with E-state index in [0.717, 1.165) is 11.6 Å². The van der Waals surface area contributed by atoms with Crippen molar-refractivity contribution in [2.45, 2.75) is 12.5 Å². The smallest absolute Gasteiger partial charge is 0.126 e. The van der Waals surface area contributed by atoms with E-state index in [0.29, 0.717) is 12.0 Å². The van der Waals surface area contributed by atoms with Crippen LogP contribution in [0.3, 0.4) is 0 Å². The Morgan fingerprint density at radius 2 is 1.39 bits per heavy atom. The van der Waals surface area contributed by atoms with Crippen LogP contribution >= 0.6 is 0 Å². The van der Waals surface area contributed by atoms with Crippen LogP contribution in [-0.2, 0) is 6.42 Å². The predicted molar refractivity (Wildman–Crippen MR) is 63.4 cm³/mol. The summed E-state index contributed by atoms with van der Waals surface area (Å²) in [6, 6.07) is 8.62. The molecule has 94 valence electrons. The number of halogens is 3. The monoisotopic (exact) mass is 251 g/mol. The van der Waals surface area contributed by atoms with E-state index < -0.39 is 17.7 Å². The van der Waals surface area contributed by atoms with Crippen molar-refractivity contribution < 1.29 is 13.2 Å². The number of hydrogen-bond acceptors (Lipinski definition) is 1. The Morgan fingerprint density at radius 3 is 1.94 bits per heavy atom. The maximum absolute atomic E-state index is 13.0. The first-order chi connectivity index (χ1) is 8.54. The van der Waals surface area contributed by atoms with Gasteiger partial charge in [-0.15, -0.1) is 0 Å². The third-order valence-corrected chi connectivity index (χ3v) is 2.68. The molecule has 0 spiro atoms. The van der Waals surface area contributed by atoms with E-state index in [1.54, 1.807) is 12.1 Å². The molecule has 2 aromatic rings. The van der Waals surface area contributed by atoms with Gasteiger partial charge in [-0.05, 0) is 41.8 Å². The van der Waals surface area contributed by atoms with Crippen LogP contribution in [-0.4, -0.2) is 0 Å². The van der Waals surface area contributed by atoms with Gasteiger partial charge < -0.3 is 5.73 Å². The van der Waals surface area contributed by atoms with Crippen molar-refractivity contribution in [2.24, 2.45) is 5.73 Å². The first-order valence-corrected chi connectivity index (χ1v) is 5.50. The van der Waals surface area contributed by atoms with E-state index >= 15 is 0 Å². The molecule has 1 unspecified atom stereocenters. The van der Waals surface area contributed by atoms with Crippen molar-refractivity contribution in [3.63, 3.8) is 0 Å².